The summed E-state index contributed by atoms with van der Waals surface area (Å²) in [5.41, 5.74) is -5.68. The molecule has 11 atom stereocenters. The average molecular weight is 706 g/mol. The van der Waals surface area contributed by atoms with Crippen molar-refractivity contribution in [1.29, 1.82) is 0 Å². The third-order valence-electron chi connectivity index (χ3n) is 12.1. The van der Waals surface area contributed by atoms with E-state index in [9.17, 15) is 39.9 Å². The number of aliphatic hydroxyl groups excluding tert-OH is 4. The molecule has 0 radical (unpaired) electrons. The van der Waals surface area contributed by atoms with Crippen molar-refractivity contribution in [2.24, 2.45) is 16.7 Å². The standard InChI is InChI=1S/C39H47NO11/c1-20-25(50-21(2)30(43)29(23-13-9-7-10-14-23)40-35(47)24-15-11-8-12-16-24)18-39(48)34(46)32-37(6,33(45)31(44)28(20)36(39,4)5)26(42)17-27-38(32,19-49-27)51-22(3)41/h7-16,25-27,29-32,34,42-44,46,48H,2,17-19H2,1,3-6H3,(H,40,47)/t25-,26+,27?,29-,30-,31+,32?,34-,37+,38-,39+/m0/s1. The fourth-order valence-corrected chi connectivity index (χ4v) is 9.15. The van der Waals surface area contributed by atoms with Gasteiger partial charge in [0.05, 0.1) is 30.3 Å². The summed E-state index contributed by atoms with van der Waals surface area (Å²) in [5.74, 6) is -3.54. The SMILES string of the molecule is C=C(O[C@H]1C[C@@]2(O)[C@@H](O)C3[C@]4(OC(C)=O)COC4C[C@@H](O)[C@@]3(C)C(=O)[C@H](O)C(=C1C)C2(C)C)[C@H](O)[C@@H](NC(=O)c1ccccc1)c1ccccc1. The molecule has 0 spiro atoms. The zero-order valence-electron chi connectivity index (χ0n) is 29.4. The predicted molar refractivity (Wildman–Crippen MR) is 183 cm³/mol. The van der Waals surface area contributed by atoms with Crippen LogP contribution < -0.4 is 5.32 Å². The van der Waals surface area contributed by atoms with E-state index in [1.54, 1.807) is 81.4 Å². The minimum Gasteiger partial charge on any atom is -0.488 e. The number of carbonyl (C=O) groups excluding carboxylic acids is 3. The predicted octanol–water partition coefficient (Wildman–Crippen LogP) is 2.29. The number of carbonyl (C=O) groups is 3. The maximum atomic E-state index is 14.5. The van der Waals surface area contributed by atoms with Crippen LogP contribution in [0.25, 0.3) is 0 Å². The van der Waals surface area contributed by atoms with Crippen LogP contribution in [-0.4, -0.2) is 97.6 Å². The smallest absolute Gasteiger partial charge is 0.303 e. The molecule has 2 aromatic rings. The monoisotopic (exact) mass is 705 g/mol. The summed E-state index contributed by atoms with van der Waals surface area (Å²) in [7, 11) is 0. The highest BCUT2D eigenvalue weighted by Crippen LogP contribution is 2.63. The lowest BCUT2D eigenvalue weighted by Crippen LogP contribution is -2.81. The van der Waals surface area contributed by atoms with E-state index in [-0.39, 0.29) is 30.8 Å². The maximum Gasteiger partial charge on any atom is 0.303 e. The third kappa shape index (κ3) is 5.55. The molecule has 3 aliphatic carbocycles. The van der Waals surface area contributed by atoms with Gasteiger partial charge in [-0.05, 0) is 42.7 Å². The van der Waals surface area contributed by atoms with Gasteiger partial charge >= 0.3 is 5.97 Å². The Bertz CT molecular complexity index is 1740. The number of esters is 1. The first-order valence-corrected chi connectivity index (χ1v) is 17.2. The molecule has 1 aliphatic heterocycles. The van der Waals surface area contributed by atoms with Gasteiger partial charge in [-0.1, -0.05) is 69.0 Å². The number of benzene rings is 2. The molecule has 2 unspecified atom stereocenters. The van der Waals surface area contributed by atoms with E-state index in [2.05, 4.69) is 11.9 Å². The summed E-state index contributed by atoms with van der Waals surface area (Å²) in [6.45, 7) is 11.2. The molecule has 51 heavy (non-hydrogen) atoms. The molecule has 0 aromatic heterocycles. The number of aliphatic hydroxyl groups is 5. The van der Waals surface area contributed by atoms with Gasteiger partial charge in [-0.2, -0.15) is 0 Å². The summed E-state index contributed by atoms with van der Waals surface area (Å²) in [5, 5.41) is 63.2. The largest absolute Gasteiger partial charge is 0.488 e. The molecular formula is C39H47NO11. The Morgan fingerprint density at radius 1 is 1.02 bits per heavy atom. The topological polar surface area (TPSA) is 192 Å². The van der Waals surface area contributed by atoms with Gasteiger partial charge in [0.15, 0.2) is 11.4 Å². The lowest BCUT2D eigenvalue weighted by atomic mass is 9.44. The van der Waals surface area contributed by atoms with Crippen molar-refractivity contribution in [2.75, 3.05) is 6.61 Å². The molecule has 12 nitrogen and oxygen atoms in total. The number of amides is 1. The lowest BCUT2D eigenvalue weighted by molar-refractivity contribution is -0.346. The number of rotatable bonds is 8. The lowest BCUT2D eigenvalue weighted by Gasteiger charge is -2.67. The normalized spacial score (nSPS) is 36.5. The van der Waals surface area contributed by atoms with Gasteiger partial charge in [-0.15, -0.1) is 0 Å². The first-order chi connectivity index (χ1) is 23.9. The Balaban J connectivity index is 1.39. The van der Waals surface area contributed by atoms with E-state index in [1.807, 2.05) is 0 Å². The second-order valence-corrected chi connectivity index (χ2v) is 15.2. The number of ether oxygens (including phenoxy) is 3. The number of ketones is 1. The van der Waals surface area contributed by atoms with E-state index in [0.29, 0.717) is 16.7 Å². The molecule has 6 N–H and O–H groups in total. The minimum absolute atomic E-state index is 0.0879. The van der Waals surface area contributed by atoms with Crippen molar-refractivity contribution in [2.45, 2.75) is 101 Å². The molecule has 6 rings (SSSR count). The fourth-order valence-electron chi connectivity index (χ4n) is 9.15. The zero-order chi connectivity index (χ0) is 37.3. The second kappa shape index (κ2) is 12.9. The van der Waals surface area contributed by atoms with Crippen LogP contribution >= 0.6 is 0 Å². The van der Waals surface area contributed by atoms with Crippen LogP contribution in [0.4, 0.5) is 0 Å². The summed E-state index contributed by atoms with van der Waals surface area (Å²) >= 11 is 0. The average Bonchev–Trinajstić information content (AvgIpc) is 3.09. The van der Waals surface area contributed by atoms with Gasteiger partial charge in [0.25, 0.3) is 5.91 Å². The quantitative estimate of drug-likeness (QED) is 0.134. The fraction of sp³-hybridized carbons (Fsp3) is 0.513. The molecular weight excluding hydrogens is 658 g/mol. The highest BCUT2D eigenvalue weighted by Gasteiger charge is 2.76. The van der Waals surface area contributed by atoms with Crippen LogP contribution in [0.5, 0.6) is 0 Å². The molecule has 1 saturated heterocycles. The minimum atomic E-state index is -2.16. The Kier molecular flexibility index (Phi) is 9.36. The maximum absolute atomic E-state index is 14.5. The highest BCUT2D eigenvalue weighted by atomic mass is 16.6. The molecule has 1 heterocycles. The van der Waals surface area contributed by atoms with Crippen molar-refractivity contribution in [3.8, 4) is 0 Å². The Morgan fingerprint density at radius 2 is 1.63 bits per heavy atom. The number of nitrogens with one attached hydrogen (secondary N) is 1. The van der Waals surface area contributed by atoms with Crippen molar-refractivity contribution in [3.05, 3.63) is 95.3 Å². The molecule has 4 aliphatic rings. The van der Waals surface area contributed by atoms with Crippen molar-refractivity contribution >= 4 is 17.7 Å². The van der Waals surface area contributed by atoms with Gasteiger partial charge < -0.3 is 45.1 Å². The van der Waals surface area contributed by atoms with E-state index >= 15 is 0 Å². The van der Waals surface area contributed by atoms with Crippen LogP contribution in [0.3, 0.4) is 0 Å². The number of Topliss-reactive ketones (excluding diaryl/α,β-unsaturated/α-hetero) is 1. The Morgan fingerprint density at radius 3 is 2.20 bits per heavy atom. The zero-order valence-corrected chi connectivity index (χ0v) is 29.4. The molecule has 274 valence electrons. The Hall–Kier alpha value is -3.91. The molecule has 12 heteroatoms. The van der Waals surface area contributed by atoms with Crippen LogP contribution in [0, 0.1) is 16.7 Å². The van der Waals surface area contributed by atoms with Gasteiger partial charge in [0.2, 0.25) is 0 Å². The van der Waals surface area contributed by atoms with Crippen LogP contribution in [0.2, 0.25) is 0 Å². The molecule has 2 aromatic carbocycles. The summed E-state index contributed by atoms with van der Waals surface area (Å²) < 4.78 is 17.8. The summed E-state index contributed by atoms with van der Waals surface area (Å²) in [6, 6.07) is 16.2. The van der Waals surface area contributed by atoms with Crippen molar-refractivity contribution in [1.82, 2.24) is 5.32 Å². The van der Waals surface area contributed by atoms with Crippen LogP contribution in [-0.2, 0) is 23.8 Å². The van der Waals surface area contributed by atoms with Gasteiger partial charge in [0, 0.05) is 36.7 Å². The molecule has 3 fully saturated rings. The number of hydrogen-bond acceptors (Lipinski definition) is 11. The van der Waals surface area contributed by atoms with Crippen molar-refractivity contribution in [3.63, 3.8) is 0 Å². The van der Waals surface area contributed by atoms with E-state index in [1.165, 1.54) is 13.8 Å². The van der Waals surface area contributed by atoms with E-state index in [4.69, 9.17) is 14.2 Å². The third-order valence-corrected chi connectivity index (χ3v) is 12.1. The van der Waals surface area contributed by atoms with Crippen molar-refractivity contribution < 1.29 is 54.1 Å². The van der Waals surface area contributed by atoms with Gasteiger partial charge in [-0.25, -0.2) is 0 Å². The first-order valence-electron chi connectivity index (χ1n) is 17.2. The molecule has 1 amide bonds. The van der Waals surface area contributed by atoms with Crippen LogP contribution in [0.1, 0.15) is 69.4 Å². The van der Waals surface area contributed by atoms with Crippen LogP contribution in [0.15, 0.2) is 84.1 Å². The second-order valence-electron chi connectivity index (χ2n) is 15.2. The number of hydrogen-bond donors (Lipinski definition) is 6. The summed E-state index contributed by atoms with van der Waals surface area (Å²) in [4.78, 5) is 40.2. The van der Waals surface area contributed by atoms with Gasteiger partial charge in [-0.3, -0.25) is 14.4 Å². The van der Waals surface area contributed by atoms with E-state index < -0.39 is 88.3 Å². The summed E-state index contributed by atoms with van der Waals surface area (Å²) in [6.07, 6.45) is -9.01. The number of fused-ring (bicyclic) bond motifs is 5. The van der Waals surface area contributed by atoms with Gasteiger partial charge in [0.1, 0.15) is 35.8 Å². The Labute approximate surface area is 296 Å². The molecule has 2 saturated carbocycles. The van der Waals surface area contributed by atoms with E-state index in [0.717, 1.165) is 0 Å². The molecule has 2 bridgehead atoms. The highest BCUT2D eigenvalue weighted by molar-refractivity contribution is 5.94. The first kappa shape index (κ1) is 36.9.